The minimum atomic E-state index is -0.337. The molecule has 0 saturated heterocycles. The van der Waals surface area contributed by atoms with Crippen LogP contribution >= 0.6 is 0 Å². The second-order valence-corrected chi connectivity index (χ2v) is 5.14. The number of rotatable bonds is 4. The van der Waals surface area contributed by atoms with Crippen molar-refractivity contribution in [1.29, 1.82) is 0 Å². The fraction of sp³-hybridized carbons (Fsp3) is 0.125. The molecule has 0 amide bonds. The van der Waals surface area contributed by atoms with Gasteiger partial charge in [0.2, 0.25) is 5.82 Å². The van der Waals surface area contributed by atoms with Crippen molar-refractivity contribution in [1.82, 2.24) is 24.7 Å². The van der Waals surface area contributed by atoms with Crippen molar-refractivity contribution in [2.75, 3.05) is 14.2 Å². The van der Waals surface area contributed by atoms with E-state index < -0.39 is 0 Å². The highest BCUT2D eigenvalue weighted by molar-refractivity contribution is 5.72. The number of benzene rings is 1. The van der Waals surface area contributed by atoms with Crippen LogP contribution in [0.25, 0.3) is 28.5 Å². The number of H-pyrrole nitrogens is 1. The monoisotopic (exact) mass is 339 g/mol. The topological polar surface area (TPSA) is 108 Å². The maximum absolute atomic E-state index is 11.7. The second-order valence-electron chi connectivity index (χ2n) is 5.14. The van der Waals surface area contributed by atoms with Gasteiger partial charge in [-0.2, -0.15) is 10.1 Å². The first-order valence-corrected chi connectivity index (χ1v) is 7.33. The average Bonchev–Trinajstić information content (AvgIpc) is 3.28. The van der Waals surface area contributed by atoms with Gasteiger partial charge in [0.1, 0.15) is 0 Å². The van der Waals surface area contributed by atoms with Crippen LogP contribution in [0.4, 0.5) is 0 Å². The highest BCUT2D eigenvalue weighted by atomic mass is 16.5. The van der Waals surface area contributed by atoms with Gasteiger partial charge in [0, 0.05) is 11.8 Å². The normalized spacial score (nSPS) is 11.0. The van der Waals surface area contributed by atoms with E-state index in [0.717, 1.165) is 0 Å². The predicted molar refractivity (Wildman–Crippen MR) is 87.6 cm³/mol. The highest BCUT2D eigenvalue weighted by Crippen LogP contribution is 2.32. The summed E-state index contributed by atoms with van der Waals surface area (Å²) in [6, 6.07) is 8.78. The minimum absolute atomic E-state index is 0.259. The molecule has 0 spiro atoms. The number of aromatic nitrogens is 5. The third-order valence-corrected chi connectivity index (χ3v) is 3.74. The summed E-state index contributed by atoms with van der Waals surface area (Å²) in [7, 11) is 3.12. The third-order valence-electron chi connectivity index (χ3n) is 3.74. The van der Waals surface area contributed by atoms with Crippen molar-refractivity contribution in [3.8, 4) is 34.3 Å². The molecule has 0 aliphatic rings. The summed E-state index contributed by atoms with van der Waals surface area (Å²) in [5.74, 6) is 1.81. The molecule has 1 aromatic carbocycles. The first kappa shape index (κ1) is 14.9. The predicted octanol–water partition coefficient (Wildman–Crippen LogP) is 1.76. The number of methoxy groups -OCH3 is 2. The molecule has 0 radical (unpaired) electrons. The van der Waals surface area contributed by atoms with E-state index in [9.17, 15) is 4.79 Å². The fourth-order valence-electron chi connectivity index (χ4n) is 2.53. The van der Waals surface area contributed by atoms with Crippen molar-refractivity contribution in [2.45, 2.75) is 0 Å². The van der Waals surface area contributed by atoms with E-state index in [1.54, 1.807) is 50.7 Å². The van der Waals surface area contributed by atoms with Gasteiger partial charge in [-0.1, -0.05) is 5.16 Å². The van der Waals surface area contributed by atoms with Crippen LogP contribution in [0.2, 0.25) is 0 Å². The molecule has 0 aliphatic heterocycles. The molecule has 0 fully saturated rings. The number of nitrogens with one attached hydrogen (secondary N) is 1. The zero-order valence-corrected chi connectivity index (χ0v) is 13.4. The van der Waals surface area contributed by atoms with E-state index in [-0.39, 0.29) is 11.6 Å². The smallest absolute Gasteiger partial charge is 0.347 e. The summed E-state index contributed by atoms with van der Waals surface area (Å²) in [5, 5.41) is 10.4. The summed E-state index contributed by atoms with van der Waals surface area (Å²) in [6.07, 6.45) is 1.61. The Hall–Kier alpha value is -3.62. The molecule has 0 bridgehead atoms. The Labute approximate surface area is 140 Å². The molecule has 0 atom stereocenters. The molecule has 9 nitrogen and oxygen atoms in total. The van der Waals surface area contributed by atoms with Crippen LogP contribution in [0.1, 0.15) is 0 Å². The van der Waals surface area contributed by atoms with E-state index in [1.807, 2.05) is 0 Å². The first-order valence-electron chi connectivity index (χ1n) is 7.33. The van der Waals surface area contributed by atoms with Gasteiger partial charge in [0.25, 0.3) is 5.89 Å². The first-order chi connectivity index (χ1) is 12.2. The van der Waals surface area contributed by atoms with E-state index in [2.05, 4.69) is 20.3 Å². The molecule has 0 unspecified atom stereocenters. The fourth-order valence-corrected chi connectivity index (χ4v) is 2.53. The molecule has 4 rings (SSSR count). The molecule has 0 saturated carbocycles. The lowest BCUT2D eigenvalue weighted by Gasteiger charge is -2.07. The zero-order valence-electron chi connectivity index (χ0n) is 13.4. The molecule has 4 aromatic rings. The number of fused-ring (bicyclic) bond motifs is 1. The molecular weight excluding hydrogens is 326 g/mol. The van der Waals surface area contributed by atoms with Crippen LogP contribution in [-0.2, 0) is 0 Å². The van der Waals surface area contributed by atoms with Gasteiger partial charge in [0.15, 0.2) is 17.1 Å². The molecule has 3 heterocycles. The van der Waals surface area contributed by atoms with Crippen LogP contribution in [0.3, 0.4) is 0 Å². The van der Waals surface area contributed by atoms with Gasteiger partial charge in [0.05, 0.1) is 19.8 Å². The summed E-state index contributed by atoms with van der Waals surface area (Å²) < 4.78 is 17.2. The van der Waals surface area contributed by atoms with Crippen LogP contribution < -0.4 is 15.2 Å². The van der Waals surface area contributed by atoms with Crippen molar-refractivity contribution >= 4 is 5.65 Å². The van der Waals surface area contributed by atoms with Crippen molar-refractivity contribution < 1.29 is 14.0 Å². The second kappa shape index (κ2) is 5.78. The van der Waals surface area contributed by atoms with Crippen LogP contribution in [0, 0.1) is 0 Å². The quantitative estimate of drug-likeness (QED) is 0.603. The Morgan fingerprint density at radius 1 is 1.16 bits per heavy atom. The Morgan fingerprint density at radius 3 is 2.80 bits per heavy atom. The number of nitrogens with zero attached hydrogens (tertiary/aromatic N) is 4. The summed E-state index contributed by atoms with van der Waals surface area (Å²) in [5.41, 5.74) is 1.34. The lowest BCUT2D eigenvalue weighted by molar-refractivity contribution is 0.355. The Morgan fingerprint density at radius 2 is 2.00 bits per heavy atom. The highest BCUT2D eigenvalue weighted by Gasteiger charge is 2.16. The van der Waals surface area contributed by atoms with Gasteiger partial charge >= 0.3 is 5.69 Å². The van der Waals surface area contributed by atoms with E-state index in [0.29, 0.717) is 34.1 Å². The van der Waals surface area contributed by atoms with Crippen molar-refractivity contribution in [2.24, 2.45) is 0 Å². The van der Waals surface area contributed by atoms with Gasteiger partial charge in [-0.05, 0) is 30.3 Å². The van der Waals surface area contributed by atoms with E-state index >= 15 is 0 Å². The lowest BCUT2D eigenvalue weighted by Crippen LogP contribution is -2.08. The maximum Gasteiger partial charge on any atom is 0.347 e. The Kier molecular flexibility index (Phi) is 3.46. The molecule has 1 N–H and O–H groups in total. The third kappa shape index (κ3) is 2.42. The van der Waals surface area contributed by atoms with Crippen LogP contribution in [0.15, 0.2) is 45.8 Å². The lowest BCUT2D eigenvalue weighted by atomic mass is 10.2. The number of ether oxygens (including phenoxy) is 2. The Balaban J connectivity index is 1.79. The van der Waals surface area contributed by atoms with E-state index in [1.165, 1.54) is 4.40 Å². The van der Waals surface area contributed by atoms with Crippen molar-refractivity contribution in [3.63, 3.8) is 0 Å². The Bertz CT molecular complexity index is 1110. The molecule has 9 heteroatoms. The summed E-state index contributed by atoms with van der Waals surface area (Å²) in [4.78, 5) is 16.1. The van der Waals surface area contributed by atoms with E-state index in [4.69, 9.17) is 14.0 Å². The van der Waals surface area contributed by atoms with Crippen LogP contribution in [-0.4, -0.2) is 39.0 Å². The van der Waals surface area contributed by atoms with Gasteiger partial charge in [-0.25, -0.2) is 14.3 Å². The van der Waals surface area contributed by atoms with Crippen molar-refractivity contribution in [3.05, 3.63) is 47.0 Å². The largest absolute Gasteiger partial charge is 0.493 e. The molecular formula is C16H13N5O4. The molecule has 3 aromatic heterocycles. The molecule has 126 valence electrons. The minimum Gasteiger partial charge on any atom is -0.493 e. The van der Waals surface area contributed by atoms with Crippen LogP contribution in [0.5, 0.6) is 11.5 Å². The number of hydrogen-bond donors (Lipinski definition) is 1. The number of hydrogen-bond acceptors (Lipinski definition) is 7. The van der Waals surface area contributed by atoms with Gasteiger partial charge < -0.3 is 14.0 Å². The standard InChI is InChI=1S/C16H13N5O4/c1-23-11-6-5-9(8-12(11)24-2)13-17-15(25-20-13)10-4-3-7-21-14(10)18-19-16(21)22/h3-8H,1-2H3,(H,19,22). The SMILES string of the molecule is COc1ccc(-c2noc(-c3cccn4c(=O)[nH]nc34)n2)cc1OC. The molecule has 0 aliphatic carbocycles. The number of pyridine rings is 1. The molecule has 25 heavy (non-hydrogen) atoms. The number of aromatic amines is 1. The average molecular weight is 339 g/mol. The summed E-state index contributed by atoms with van der Waals surface area (Å²) in [6.45, 7) is 0. The van der Waals surface area contributed by atoms with Gasteiger partial charge in [-0.3, -0.25) is 0 Å². The summed E-state index contributed by atoms with van der Waals surface area (Å²) >= 11 is 0. The maximum atomic E-state index is 11.7. The van der Waals surface area contributed by atoms with Gasteiger partial charge in [-0.15, -0.1) is 0 Å². The zero-order chi connectivity index (χ0) is 17.4.